The van der Waals surface area contributed by atoms with Gasteiger partial charge in [0.05, 0.1) is 11.1 Å². The zero-order chi connectivity index (χ0) is 14.4. The van der Waals surface area contributed by atoms with Crippen LogP contribution in [0.3, 0.4) is 0 Å². The van der Waals surface area contributed by atoms with Gasteiger partial charge >= 0.3 is 121 Å². The number of hydrogen-bond acceptors (Lipinski definition) is 5. The van der Waals surface area contributed by atoms with Crippen molar-refractivity contribution in [3.8, 4) is 0 Å². The maximum absolute atomic E-state index is 11.5. The van der Waals surface area contributed by atoms with Gasteiger partial charge < -0.3 is 9.47 Å². The number of hydrogen-bond donors (Lipinski definition) is 0. The van der Waals surface area contributed by atoms with Gasteiger partial charge in [-0.05, 0) is 24.3 Å². The Morgan fingerprint density at radius 1 is 0.591 bits per heavy atom. The number of rotatable bonds is 2. The Bertz CT molecular complexity index is 573. The van der Waals surface area contributed by atoms with E-state index in [0.29, 0.717) is 0 Å². The molecule has 0 spiro atoms. The molecule has 2 aromatic rings. The van der Waals surface area contributed by atoms with Crippen LogP contribution in [0, 0.1) is 0 Å². The molecule has 0 aliphatic carbocycles. The van der Waals surface area contributed by atoms with Crippen molar-refractivity contribution in [1.29, 1.82) is 0 Å². The molecule has 0 bridgehead atoms. The Hall–Kier alpha value is 0.323. The zero-order valence-corrected chi connectivity index (χ0v) is 10.3. The van der Waals surface area contributed by atoms with E-state index >= 15 is 0 Å². The second kappa shape index (κ2) is 11.8. The summed E-state index contributed by atoms with van der Waals surface area (Å²) < 4.78 is 8.82. The normalized spacial score (nSPS) is 8.73. The van der Waals surface area contributed by atoms with E-state index in [1.165, 1.54) is 24.3 Å². The SMILES string of the molecule is O=C(OC(=O)c1ccccc1)OC(=O)c1ccccc1.[KH].[KH]. The average molecular weight is 350 g/mol. The first-order valence-electron chi connectivity index (χ1n) is 5.75. The molecule has 0 radical (unpaired) electrons. The number of ether oxygens (including phenoxy) is 2. The van der Waals surface area contributed by atoms with E-state index in [0.717, 1.165) is 0 Å². The minimum atomic E-state index is -1.35. The molecule has 22 heavy (non-hydrogen) atoms. The van der Waals surface area contributed by atoms with E-state index in [1.54, 1.807) is 36.4 Å². The van der Waals surface area contributed by atoms with Crippen LogP contribution in [0.2, 0.25) is 0 Å². The summed E-state index contributed by atoms with van der Waals surface area (Å²) in [7, 11) is 0. The maximum atomic E-state index is 11.5. The third-order valence-corrected chi connectivity index (χ3v) is 2.37. The molecule has 0 heterocycles. The zero-order valence-electron chi connectivity index (χ0n) is 10.3. The fourth-order valence-electron chi connectivity index (χ4n) is 1.44. The molecule has 0 saturated heterocycles. The fraction of sp³-hybridized carbons (Fsp3) is 0. The molecule has 0 aromatic heterocycles. The molecule has 0 amide bonds. The van der Waals surface area contributed by atoms with Crippen molar-refractivity contribution in [1.82, 2.24) is 0 Å². The monoisotopic (exact) mass is 350 g/mol. The number of carbonyl (C=O) groups is 3. The minimum absolute atomic E-state index is 0. The van der Waals surface area contributed by atoms with Crippen LogP contribution in [0.5, 0.6) is 0 Å². The van der Waals surface area contributed by atoms with Gasteiger partial charge in [0, 0.05) is 0 Å². The predicted octanol–water partition coefficient (Wildman–Crippen LogP) is 1.52. The summed E-state index contributed by atoms with van der Waals surface area (Å²) >= 11 is 0. The van der Waals surface area contributed by atoms with E-state index in [-0.39, 0.29) is 114 Å². The van der Waals surface area contributed by atoms with Gasteiger partial charge in [0.25, 0.3) is 0 Å². The van der Waals surface area contributed by atoms with Crippen LogP contribution >= 0.6 is 0 Å². The first-order valence-corrected chi connectivity index (χ1v) is 5.75. The summed E-state index contributed by atoms with van der Waals surface area (Å²) in [4.78, 5) is 34.4. The van der Waals surface area contributed by atoms with Crippen LogP contribution in [0.4, 0.5) is 4.79 Å². The van der Waals surface area contributed by atoms with Crippen molar-refractivity contribution in [2.45, 2.75) is 0 Å². The first kappa shape index (κ1) is 22.3. The molecule has 0 fully saturated rings. The Labute approximate surface area is 212 Å². The molecular weight excluding hydrogens is 338 g/mol. The van der Waals surface area contributed by atoms with Gasteiger partial charge in [-0.2, -0.15) is 0 Å². The number of carbonyl (C=O) groups excluding carboxylic acids is 3. The van der Waals surface area contributed by atoms with Crippen molar-refractivity contribution in [2.75, 3.05) is 0 Å². The van der Waals surface area contributed by atoms with Crippen LogP contribution in [-0.2, 0) is 9.47 Å². The standard InChI is InChI=1S/C15H10O5.2K.2H/c16-13(11-7-3-1-4-8-11)19-15(18)20-14(17)12-9-5-2-6-10-12;;;;/h1-10H;;;;. The summed E-state index contributed by atoms with van der Waals surface area (Å²) in [6, 6.07) is 15.8. The summed E-state index contributed by atoms with van der Waals surface area (Å²) in [5.41, 5.74) is 0.383. The van der Waals surface area contributed by atoms with E-state index < -0.39 is 18.1 Å². The third kappa shape index (κ3) is 7.26. The van der Waals surface area contributed by atoms with Gasteiger partial charge in [0.2, 0.25) is 0 Å². The van der Waals surface area contributed by atoms with Gasteiger partial charge in [0.1, 0.15) is 0 Å². The molecule has 5 nitrogen and oxygen atoms in total. The summed E-state index contributed by atoms with van der Waals surface area (Å²) in [6.45, 7) is 0. The number of esters is 2. The molecule has 2 aromatic carbocycles. The van der Waals surface area contributed by atoms with Gasteiger partial charge in [-0.1, -0.05) is 36.4 Å². The van der Waals surface area contributed by atoms with Crippen molar-refractivity contribution in [3.05, 3.63) is 71.8 Å². The van der Waals surface area contributed by atoms with E-state index in [4.69, 9.17) is 0 Å². The molecular formula is C15H12K2O5. The van der Waals surface area contributed by atoms with Crippen LogP contribution in [0.25, 0.3) is 0 Å². The van der Waals surface area contributed by atoms with E-state index in [2.05, 4.69) is 9.47 Å². The molecule has 2 rings (SSSR count). The van der Waals surface area contributed by atoms with Crippen molar-refractivity contribution in [3.63, 3.8) is 0 Å². The molecule has 104 valence electrons. The van der Waals surface area contributed by atoms with Crippen LogP contribution in [0.15, 0.2) is 60.7 Å². The summed E-state index contributed by atoms with van der Waals surface area (Å²) in [6.07, 6.45) is -1.35. The predicted molar refractivity (Wildman–Crippen MR) is 83.4 cm³/mol. The van der Waals surface area contributed by atoms with Crippen molar-refractivity contribution < 1.29 is 23.9 Å². The van der Waals surface area contributed by atoms with Gasteiger partial charge in [-0.15, -0.1) is 0 Å². The Morgan fingerprint density at radius 3 is 1.23 bits per heavy atom. The molecule has 0 saturated carbocycles. The molecule has 0 atom stereocenters. The average Bonchev–Trinajstić information content (AvgIpc) is 2.49. The summed E-state index contributed by atoms with van der Waals surface area (Å²) in [5, 5.41) is 0. The van der Waals surface area contributed by atoms with Crippen LogP contribution < -0.4 is 0 Å². The fourth-order valence-corrected chi connectivity index (χ4v) is 1.44. The molecule has 7 heteroatoms. The molecule has 0 N–H and O–H groups in total. The third-order valence-electron chi connectivity index (χ3n) is 2.37. The van der Waals surface area contributed by atoms with Crippen molar-refractivity contribution in [2.24, 2.45) is 0 Å². The van der Waals surface area contributed by atoms with Crippen LogP contribution in [0.1, 0.15) is 20.7 Å². The summed E-state index contributed by atoms with van der Waals surface area (Å²) in [5.74, 6) is -1.76. The van der Waals surface area contributed by atoms with E-state index in [9.17, 15) is 14.4 Å². The Morgan fingerprint density at radius 2 is 0.909 bits per heavy atom. The quantitative estimate of drug-likeness (QED) is 0.467. The van der Waals surface area contributed by atoms with E-state index in [1.807, 2.05) is 0 Å². The topological polar surface area (TPSA) is 69.7 Å². The van der Waals surface area contributed by atoms with Gasteiger partial charge in [0.15, 0.2) is 0 Å². The molecule has 0 aliphatic rings. The van der Waals surface area contributed by atoms with Gasteiger partial charge in [-0.3, -0.25) is 0 Å². The molecule has 0 aliphatic heterocycles. The Kier molecular flexibility index (Phi) is 12.0. The van der Waals surface area contributed by atoms with Crippen molar-refractivity contribution >= 4 is 121 Å². The van der Waals surface area contributed by atoms with Gasteiger partial charge in [-0.25, -0.2) is 14.4 Å². The second-order valence-corrected chi connectivity index (χ2v) is 3.76. The molecule has 0 unspecified atom stereocenters. The first-order chi connectivity index (χ1) is 9.66. The van der Waals surface area contributed by atoms with Crippen LogP contribution in [-0.4, -0.2) is 121 Å². The second-order valence-electron chi connectivity index (χ2n) is 3.76. The Balaban J connectivity index is 0.00000220. The number of benzene rings is 2.